The van der Waals surface area contributed by atoms with Crippen molar-refractivity contribution in [2.45, 2.75) is 211 Å². The summed E-state index contributed by atoms with van der Waals surface area (Å²) < 4.78 is 109. The smallest absolute Gasteiger partial charge is 0.416 e. The van der Waals surface area contributed by atoms with Crippen LogP contribution >= 0.6 is 0 Å². The average molecular weight is 1040 g/mol. The maximum absolute atomic E-state index is 14.5. The minimum absolute atomic E-state index is 0.0139. The first-order chi connectivity index (χ1) is 32.6. The van der Waals surface area contributed by atoms with Crippen LogP contribution in [0.25, 0.3) is 0 Å². The zero-order valence-corrected chi connectivity index (χ0v) is 44.8. The molecular formula is C49H85F3N4O14S. The van der Waals surface area contributed by atoms with Gasteiger partial charge in [0.15, 0.2) is 12.6 Å². The van der Waals surface area contributed by atoms with Gasteiger partial charge >= 0.3 is 22.4 Å². The number of aliphatic hydroxyl groups is 5. The molecule has 0 aromatic heterocycles. The lowest BCUT2D eigenvalue weighted by Crippen LogP contribution is -2.70. The Labute approximate surface area is 419 Å². The van der Waals surface area contributed by atoms with Gasteiger partial charge in [0.05, 0.1) is 47.5 Å². The van der Waals surface area contributed by atoms with Crippen LogP contribution in [-0.2, 0) is 49.6 Å². The highest BCUT2D eigenvalue weighted by molar-refractivity contribution is 7.90. The van der Waals surface area contributed by atoms with E-state index in [0.29, 0.717) is 12.5 Å². The fraction of sp³-hybridized carbons (Fsp3) is 0.857. The largest absolute Gasteiger partial charge is 0.459 e. The number of hydrogen-bond donors (Lipinski definition) is 8. The van der Waals surface area contributed by atoms with Gasteiger partial charge in [0.25, 0.3) is 0 Å². The number of cyclic esters (lactones) is 1. The number of ether oxygens (including phenoxy) is 6. The van der Waals surface area contributed by atoms with Crippen LogP contribution < -0.4 is 15.4 Å². The van der Waals surface area contributed by atoms with Crippen LogP contribution in [0.3, 0.4) is 0 Å². The van der Waals surface area contributed by atoms with Crippen LogP contribution in [0.15, 0.2) is 24.3 Å². The minimum atomic E-state index is -4.64. The molecule has 0 bridgehead atoms. The number of nitrogens with one attached hydrogen (secondary N) is 3. The van der Waals surface area contributed by atoms with E-state index in [1.54, 1.807) is 48.5 Å². The molecule has 22 heteroatoms. The third-order valence-electron chi connectivity index (χ3n) is 15.1. The molecule has 412 valence electrons. The molecule has 10 unspecified atom stereocenters. The summed E-state index contributed by atoms with van der Waals surface area (Å²) in [5, 5.41) is 66.9. The number of anilines is 1. The highest BCUT2D eigenvalue weighted by Gasteiger charge is 2.58. The fourth-order valence-electron chi connectivity index (χ4n) is 10.4. The number of esters is 1. The fourth-order valence-corrected chi connectivity index (χ4v) is 11.5. The van der Waals surface area contributed by atoms with E-state index in [1.807, 2.05) is 6.92 Å². The van der Waals surface area contributed by atoms with Crippen LogP contribution in [0.2, 0.25) is 0 Å². The second kappa shape index (κ2) is 24.1. The Morgan fingerprint density at radius 2 is 1.59 bits per heavy atom. The van der Waals surface area contributed by atoms with E-state index in [-0.39, 0.29) is 50.4 Å². The van der Waals surface area contributed by atoms with Gasteiger partial charge in [0, 0.05) is 44.8 Å². The number of methoxy groups -OCH3 is 1. The second-order valence-corrected chi connectivity index (χ2v) is 23.3. The molecular weight excluding hydrogens is 958 g/mol. The first kappa shape index (κ1) is 61.3. The summed E-state index contributed by atoms with van der Waals surface area (Å²) in [6.07, 6.45) is -15.1. The molecule has 3 fully saturated rings. The number of alkyl halides is 3. The molecule has 1 aromatic carbocycles. The number of carbonyl (C=O) groups is 1. The van der Waals surface area contributed by atoms with Gasteiger partial charge in [0.2, 0.25) is 0 Å². The van der Waals surface area contributed by atoms with Gasteiger partial charge in [-0.15, -0.1) is 0 Å². The van der Waals surface area contributed by atoms with Crippen LogP contribution in [0.5, 0.6) is 0 Å². The standard InChI is InChI=1S/C49H85F3N4O14S/c1-15-37-47(12,61)41(58)32(8)54-25-28(4)23-45(10,60)42(70-44-39(57)36(22-29(5)66-44)56(13)71(63,64)55-35-18-16-34(17-19-35)49(50,51)52)30(6)40(31(7)43(59)68-37)69-38-24-46(11,65-14)48(62,33(9)67-38)26-53-21-20-27(2)3/h16-19,27-33,36-42,44,53-55,57-58,60-62H,15,20-26H2,1-14H3/t28?,29-,30?,31?,32?,33+,36+,37?,38+,39-,40?,41?,42?,44+,45?,46-,47?,48+/m1/s1. The number of carbonyl (C=O) groups excluding carboxylic acids is 1. The average Bonchev–Trinajstić information content (AvgIpc) is 3.27. The van der Waals surface area contributed by atoms with Crippen molar-refractivity contribution in [2.75, 3.05) is 38.5 Å². The number of hydrogen-bond acceptors (Lipinski definition) is 16. The van der Waals surface area contributed by atoms with Crippen molar-refractivity contribution in [3.63, 3.8) is 0 Å². The Balaban J connectivity index is 1.78. The summed E-state index contributed by atoms with van der Waals surface area (Å²) in [5.41, 5.74) is -7.71. The summed E-state index contributed by atoms with van der Waals surface area (Å²) in [5.74, 6) is -3.00. The monoisotopic (exact) mass is 1040 g/mol. The highest BCUT2D eigenvalue weighted by Crippen LogP contribution is 2.43. The third-order valence-corrected chi connectivity index (χ3v) is 16.7. The molecule has 4 rings (SSSR count). The summed E-state index contributed by atoms with van der Waals surface area (Å²) in [4.78, 5) is 14.5. The van der Waals surface area contributed by atoms with Crippen molar-refractivity contribution < 1.29 is 80.3 Å². The lowest BCUT2D eigenvalue weighted by molar-refractivity contribution is -0.336. The Morgan fingerprint density at radius 3 is 2.15 bits per heavy atom. The van der Waals surface area contributed by atoms with E-state index in [9.17, 15) is 51.9 Å². The molecule has 3 aliphatic heterocycles. The molecule has 71 heavy (non-hydrogen) atoms. The SMILES string of the molecule is CCC1OC(=O)C(C)C(O[C@H]2C[C@@](C)(OC)[C@](O)(CNCCC(C)C)[C@H](C)O2)C(C)C(O[C@@H]2O[C@H](C)C[C@H](N(C)S(=O)(=O)Nc3ccc(C(F)(F)F)cc3)[C@H]2O)C(C)(O)CC(C)CNC(C)C(O)C1(C)O. The Morgan fingerprint density at radius 1 is 0.972 bits per heavy atom. The normalized spacial score (nSPS) is 40.8. The molecule has 0 saturated carbocycles. The van der Waals surface area contributed by atoms with E-state index in [2.05, 4.69) is 29.2 Å². The van der Waals surface area contributed by atoms with Gasteiger partial charge in [0.1, 0.15) is 35.1 Å². The summed E-state index contributed by atoms with van der Waals surface area (Å²) in [6, 6.07) is 1.48. The van der Waals surface area contributed by atoms with E-state index < -0.39 is 130 Å². The Bertz CT molecular complexity index is 1970. The van der Waals surface area contributed by atoms with Crippen molar-refractivity contribution >= 4 is 21.9 Å². The van der Waals surface area contributed by atoms with Crippen LogP contribution in [0.4, 0.5) is 18.9 Å². The maximum atomic E-state index is 14.5. The van der Waals surface area contributed by atoms with Crippen molar-refractivity contribution in [2.24, 2.45) is 23.7 Å². The molecule has 18 nitrogen and oxygen atoms in total. The molecule has 3 aliphatic rings. The minimum Gasteiger partial charge on any atom is -0.459 e. The van der Waals surface area contributed by atoms with E-state index in [4.69, 9.17) is 28.4 Å². The molecule has 0 aliphatic carbocycles. The number of halogens is 3. The van der Waals surface area contributed by atoms with Crippen LogP contribution in [-0.4, -0.2) is 168 Å². The van der Waals surface area contributed by atoms with Gasteiger partial charge in [-0.2, -0.15) is 25.9 Å². The Hall–Kier alpha value is -2.29. The summed E-state index contributed by atoms with van der Waals surface area (Å²) >= 11 is 0. The van der Waals surface area contributed by atoms with E-state index >= 15 is 0 Å². The molecule has 1 aromatic rings. The quantitative estimate of drug-likeness (QED) is 0.0901. The van der Waals surface area contributed by atoms with Crippen molar-refractivity contribution in [3.8, 4) is 0 Å². The van der Waals surface area contributed by atoms with Crippen LogP contribution in [0.1, 0.15) is 121 Å². The predicted molar refractivity (Wildman–Crippen MR) is 259 cm³/mol. The maximum Gasteiger partial charge on any atom is 0.416 e. The van der Waals surface area contributed by atoms with Gasteiger partial charge in [-0.05, 0) is 123 Å². The zero-order chi connectivity index (χ0) is 53.8. The number of nitrogens with zero attached hydrogens (tertiary/aromatic N) is 1. The van der Waals surface area contributed by atoms with Gasteiger partial charge in [-0.25, -0.2) is 0 Å². The third kappa shape index (κ3) is 14.6. The number of aliphatic hydroxyl groups excluding tert-OH is 2. The topological polar surface area (TPSA) is 247 Å². The van der Waals surface area contributed by atoms with Crippen molar-refractivity contribution in [1.29, 1.82) is 0 Å². The van der Waals surface area contributed by atoms with Gasteiger partial charge in [-0.1, -0.05) is 34.6 Å². The van der Waals surface area contributed by atoms with Crippen molar-refractivity contribution in [3.05, 3.63) is 29.8 Å². The van der Waals surface area contributed by atoms with Gasteiger partial charge in [-0.3, -0.25) is 9.52 Å². The molecule has 0 spiro atoms. The molecule has 3 saturated heterocycles. The lowest BCUT2D eigenvalue weighted by atomic mass is 9.75. The molecule has 0 radical (unpaired) electrons. The summed E-state index contributed by atoms with van der Waals surface area (Å²) in [7, 11) is -1.85. The van der Waals surface area contributed by atoms with E-state index in [1.165, 1.54) is 28.0 Å². The summed E-state index contributed by atoms with van der Waals surface area (Å²) in [6.45, 7) is 21.6. The van der Waals surface area contributed by atoms with E-state index in [0.717, 1.165) is 35.0 Å². The predicted octanol–water partition coefficient (Wildman–Crippen LogP) is 4.31. The molecule has 0 amide bonds. The van der Waals surface area contributed by atoms with Gasteiger partial charge < -0.3 is 64.6 Å². The number of benzene rings is 1. The molecule has 3 heterocycles. The first-order valence-corrected chi connectivity index (χ1v) is 26.4. The van der Waals surface area contributed by atoms with Crippen molar-refractivity contribution in [1.82, 2.24) is 14.9 Å². The molecule has 18 atom stereocenters. The van der Waals surface area contributed by atoms with Crippen LogP contribution in [0, 0.1) is 23.7 Å². The Kier molecular flexibility index (Phi) is 20.8. The molecule has 8 N–H and O–H groups in total. The first-order valence-electron chi connectivity index (χ1n) is 24.9. The lowest BCUT2D eigenvalue weighted by Gasteiger charge is -2.53. The number of rotatable bonds is 15. The number of likely N-dealkylation sites (N-methyl/N-ethyl adjacent to an activating group) is 1. The zero-order valence-electron chi connectivity index (χ0n) is 44.0. The highest BCUT2D eigenvalue weighted by atomic mass is 32.2. The second-order valence-electron chi connectivity index (χ2n) is 21.6.